The fraction of sp³-hybridized carbons (Fsp3) is 0.333. The van der Waals surface area contributed by atoms with Gasteiger partial charge in [0.25, 0.3) is 0 Å². The summed E-state index contributed by atoms with van der Waals surface area (Å²) >= 11 is 4.78. The normalized spacial score (nSPS) is 9.79. The van der Waals surface area contributed by atoms with E-state index in [9.17, 15) is 0 Å². The minimum Gasteiger partial charge on any atom is -0.478 e. The minimum absolute atomic E-state index is 0.116. The predicted octanol–water partition coefficient (Wildman–Crippen LogP) is 0.477. The van der Waals surface area contributed by atoms with Crippen LogP contribution in [0.25, 0.3) is 0 Å². The second-order valence-electron chi connectivity index (χ2n) is 2.67. The first-order valence-corrected chi connectivity index (χ1v) is 4.64. The zero-order valence-electron chi connectivity index (χ0n) is 7.64. The van der Waals surface area contributed by atoms with E-state index in [1.165, 1.54) is 0 Å². The summed E-state index contributed by atoms with van der Waals surface area (Å²) in [7, 11) is 0. The lowest BCUT2D eigenvalue weighted by molar-refractivity contribution is 0.229. The Kier molecular flexibility index (Phi) is 4.28. The third-order valence-electron chi connectivity index (χ3n) is 1.57. The molecule has 0 aliphatic heterocycles. The standard InChI is InChI=1S/C9H12N2O2S/c10-9(14)7-2-3-8(11-6-7)13-5-1-4-12/h2-3,6,12H,1,4-5H2,(H2,10,14). The summed E-state index contributed by atoms with van der Waals surface area (Å²) in [5.74, 6) is 0.512. The Labute approximate surface area is 87.7 Å². The van der Waals surface area contributed by atoms with Gasteiger partial charge in [-0.05, 0) is 6.07 Å². The van der Waals surface area contributed by atoms with Gasteiger partial charge in [-0.15, -0.1) is 0 Å². The summed E-state index contributed by atoms with van der Waals surface area (Å²) in [6.45, 7) is 0.570. The Morgan fingerprint density at radius 3 is 2.86 bits per heavy atom. The number of nitrogens with zero attached hydrogens (tertiary/aromatic N) is 1. The molecular formula is C9H12N2O2S. The number of thiocarbonyl (C=S) groups is 1. The molecule has 0 unspecified atom stereocenters. The Morgan fingerprint density at radius 1 is 1.57 bits per heavy atom. The quantitative estimate of drug-likeness (QED) is 0.549. The summed E-state index contributed by atoms with van der Waals surface area (Å²) in [6, 6.07) is 3.45. The summed E-state index contributed by atoms with van der Waals surface area (Å²) < 4.78 is 5.23. The molecule has 0 saturated carbocycles. The number of ether oxygens (including phenoxy) is 1. The number of rotatable bonds is 5. The molecule has 1 rings (SSSR count). The van der Waals surface area contributed by atoms with Crippen LogP contribution < -0.4 is 10.5 Å². The second kappa shape index (κ2) is 5.51. The molecule has 1 aromatic rings. The minimum atomic E-state index is 0.116. The third kappa shape index (κ3) is 3.27. The van der Waals surface area contributed by atoms with Crippen LogP contribution in [-0.2, 0) is 0 Å². The number of aromatic nitrogens is 1. The van der Waals surface area contributed by atoms with Crippen LogP contribution in [0, 0.1) is 0 Å². The molecule has 0 amide bonds. The van der Waals surface area contributed by atoms with Crippen molar-refractivity contribution < 1.29 is 9.84 Å². The molecule has 0 aliphatic carbocycles. The summed E-state index contributed by atoms with van der Waals surface area (Å²) in [4.78, 5) is 4.32. The van der Waals surface area contributed by atoms with Crippen molar-refractivity contribution in [2.24, 2.45) is 5.73 Å². The first-order chi connectivity index (χ1) is 6.74. The lowest BCUT2D eigenvalue weighted by Crippen LogP contribution is -2.09. The lowest BCUT2D eigenvalue weighted by Gasteiger charge is -2.04. The van der Waals surface area contributed by atoms with Crippen LogP contribution in [-0.4, -0.2) is 28.3 Å². The number of hydrogen-bond donors (Lipinski definition) is 2. The molecule has 1 heterocycles. The van der Waals surface area contributed by atoms with Gasteiger partial charge in [-0.25, -0.2) is 4.98 Å². The third-order valence-corrected chi connectivity index (χ3v) is 1.81. The van der Waals surface area contributed by atoms with Gasteiger partial charge in [0.05, 0.1) is 6.61 Å². The highest BCUT2D eigenvalue weighted by atomic mass is 32.1. The van der Waals surface area contributed by atoms with E-state index >= 15 is 0 Å². The fourth-order valence-electron chi connectivity index (χ4n) is 0.853. The molecule has 0 bridgehead atoms. The van der Waals surface area contributed by atoms with Crippen molar-refractivity contribution in [2.75, 3.05) is 13.2 Å². The van der Waals surface area contributed by atoms with Crippen LogP contribution in [0.4, 0.5) is 0 Å². The highest BCUT2D eigenvalue weighted by molar-refractivity contribution is 7.80. The topological polar surface area (TPSA) is 68.4 Å². The molecule has 1 aromatic heterocycles. The fourth-order valence-corrected chi connectivity index (χ4v) is 0.973. The molecule has 76 valence electrons. The van der Waals surface area contributed by atoms with Crippen molar-refractivity contribution in [1.82, 2.24) is 4.98 Å². The molecular weight excluding hydrogens is 200 g/mol. The van der Waals surface area contributed by atoms with E-state index in [1.54, 1.807) is 18.3 Å². The molecule has 0 aromatic carbocycles. The maximum atomic E-state index is 8.53. The van der Waals surface area contributed by atoms with Gasteiger partial charge in [0.2, 0.25) is 5.88 Å². The van der Waals surface area contributed by atoms with E-state index in [1.807, 2.05) is 0 Å². The van der Waals surface area contributed by atoms with Crippen molar-refractivity contribution in [3.8, 4) is 5.88 Å². The molecule has 0 radical (unpaired) electrons. The van der Waals surface area contributed by atoms with Crippen LogP contribution in [0.15, 0.2) is 18.3 Å². The number of aliphatic hydroxyl groups excluding tert-OH is 1. The Bertz CT molecular complexity index is 300. The maximum Gasteiger partial charge on any atom is 0.213 e. The van der Waals surface area contributed by atoms with E-state index in [4.69, 9.17) is 27.8 Å². The highest BCUT2D eigenvalue weighted by Gasteiger charge is 1.98. The van der Waals surface area contributed by atoms with Gasteiger partial charge in [0.1, 0.15) is 4.99 Å². The number of pyridine rings is 1. The monoisotopic (exact) mass is 212 g/mol. The Morgan fingerprint density at radius 2 is 2.36 bits per heavy atom. The summed E-state index contributed by atoms with van der Waals surface area (Å²) in [5.41, 5.74) is 6.12. The van der Waals surface area contributed by atoms with Crippen LogP contribution in [0.3, 0.4) is 0 Å². The van der Waals surface area contributed by atoms with E-state index in [0.717, 1.165) is 5.56 Å². The zero-order chi connectivity index (χ0) is 10.4. The first-order valence-electron chi connectivity index (χ1n) is 4.23. The number of hydrogen-bond acceptors (Lipinski definition) is 4. The van der Waals surface area contributed by atoms with Crippen molar-refractivity contribution in [1.29, 1.82) is 0 Å². The molecule has 0 fully saturated rings. The number of aliphatic hydroxyl groups is 1. The average molecular weight is 212 g/mol. The van der Waals surface area contributed by atoms with E-state index in [2.05, 4.69) is 4.98 Å². The van der Waals surface area contributed by atoms with Crippen molar-refractivity contribution in [3.63, 3.8) is 0 Å². The first kappa shape index (κ1) is 10.9. The molecule has 5 heteroatoms. The molecule has 14 heavy (non-hydrogen) atoms. The van der Waals surface area contributed by atoms with E-state index in [0.29, 0.717) is 23.9 Å². The molecule has 0 saturated heterocycles. The van der Waals surface area contributed by atoms with Crippen LogP contribution in [0.5, 0.6) is 5.88 Å². The second-order valence-corrected chi connectivity index (χ2v) is 3.11. The molecule has 3 N–H and O–H groups in total. The van der Waals surface area contributed by atoms with Gasteiger partial charge >= 0.3 is 0 Å². The number of nitrogens with two attached hydrogens (primary N) is 1. The van der Waals surface area contributed by atoms with Crippen LogP contribution in [0.2, 0.25) is 0 Å². The molecule has 0 aliphatic rings. The van der Waals surface area contributed by atoms with E-state index < -0.39 is 0 Å². The van der Waals surface area contributed by atoms with E-state index in [-0.39, 0.29) is 6.61 Å². The average Bonchev–Trinajstić information content (AvgIpc) is 2.19. The van der Waals surface area contributed by atoms with Crippen LogP contribution >= 0.6 is 12.2 Å². The van der Waals surface area contributed by atoms with Gasteiger partial charge in [-0.3, -0.25) is 0 Å². The largest absolute Gasteiger partial charge is 0.478 e. The highest BCUT2D eigenvalue weighted by Crippen LogP contribution is 2.07. The Hall–Kier alpha value is -1.20. The summed E-state index contributed by atoms with van der Waals surface area (Å²) in [6.07, 6.45) is 2.16. The Balaban J connectivity index is 2.51. The maximum absolute atomic E-state index is 8.53. The predicted molar refractivity (Wildman–Crippen MR) is 57.3 cm³/mol. The molecule has 0 spiro atoms. The van der Waals surface area contributed by atoms with Gasteiger partial charge in [-0.1, -0.05) is 12.2 Å². The van der Waals surface area contributed by atoms with Crippen molar-refractivity contribution in [3.05, 3.63) is 23.9 Å². The van der Waals surface area contributed by atoms with Gasteiger partial charge < -0.3 is 15.6 Å². The molecule has 4 nitrogen and oxygen atoms in total. The van der Waals surface area contributed by atoms with Crippen LogP contribution in [0.1, 0.15) is 12.0 Å². The van der Waals surface area contributed by atoms with Gasteiger partial charge in [0, 0.05) is 30.9 Å². The summed E-state index contributed by atoms with van der Waals surface area (Å²) in [5, 5.41) is 8.53. The van der Waals surface area contributed by atoms with Crippen molar-refractivity contribution in [2.45, 2.75) is 6.42 Å². The van der Waals surface area contributed by atoms with Crippen molar-refractivity contribution >= 4 is 17.2 Å². The zero-order valence-corrected chi connectivity index (χ0v) is 8.46. The van der Waals surface area contributed by atoms with Gasteiger partial charge in [-0.2, -0.15) is 0 Å². The smallest absolute Gasteiger partial charge is 0.213 e. The molecule has 0 atom stereocenters. The lowest BCUT2D eigenvalue weighted by atomic mass is 10.3. The SMILES string of the molecule is NC(=S)c1ccc(OCCCO)nc1. The van der Waals surface area contributed by atoms with Gasteiger partial charge in [0.15, 0.2) is 0 Å².